The highest BCUT2D eigenvalue weighted by Crippen LogP contribution is 2.37. The number of H-pyrrole nitrogens is 1. The summed E-state index contributed by atoms with van der Waals surface area (Å²) in [6, 6.07) is 9.72. The second-order valence-corrected chi connectivity index (χ2v) is 9.25. The molecule has 1 fully saturated rings. The van der Waals surface area contributed by atoms with Gasteiger partial charge < -0.3 is 4.98 Å². The first-order chi connectivity index (χ1) is 14.0. The lowest BCUT2D eigenvalue weighted by Gasteiger charge is -2.18. The van der Waals surface area contributed by atoms with Crippen molar-refractivity contribution in [1.29, 1.82) is 0 Å². The highest BCUT2D eigenvalue weighted by molar-refractivity contribution is 7.92. The number of anilines is 2. The lowest BCUT2D eigenvalue weighted by Crippen LogP contribution is -2.24. The molecule has 0 spiro atoms. The maximum Gasteiger partial charge on any atom is 0.232 e. The molecular formula is C21H24N4O3S. The Labute approximate surface area is 170 Å². The number of benzene rings is 1. The number of aryl methyl sites for hydroxylation is 1. The molecule has 0 aliphatic heterocycles. The van der Waals surface area contributed by atoms with Crippen LogP contribution in [0.2, 0.25) is 0 Å². The van der Waals surface area contributed by atoms with Crippen molar-refractivity contribution in [2.45, 2.75) is 39.2 Å². The van der Waals surface area contributed by atoms with Crippen molar-refractivity contribution >= 4 is 39.0 Å². The van der Waals surface area contributed by atoms with Crippen molar-refractivity contribution in [2.24, 2.45) is 0 Å². The van der Waals surface area contributed by atoms with E-state index in [1.807, 2.05) is 37.4 Å². The van der Waals surface area contributed by atoms with Crippen molar-refractivity contribution in [3.05, 3.63) is 42.1 Å². The number of aromatic nitrogens is 2. The van der Waals surface area contributed by atoms with Crippen LogP contribution in [0.25, 0.3) is 22.2 Å². The standard InChI is InChI=1S/C21H24N4O3S/c1-3-14-11-15(24-29(27,28)4-2)5-8-17(14)19-12-20(25(13-26)16-6-7-16)23-21-18(19)9-10-22-21/h5,8-13,16,24H,3-4,6-7H2,1-2H3,(H,22,23). The minimum absolute atomic E-state index is 0.0244. The minimum atomic E-state index is -3.34. The molecule has 2 aromatic heterocycles. The first-order valence-corrected chi connectivity index (χ1v) is 11.5. The molecule has 152 valence electrons. The van der Waals surface area contributed by atoms with Crippen LogP contribution in [0.1, 0.15) is 32.3 Å². The Kier molecular flexibility index (Phi) is 5.04. The van der Waals surface area contributed by atoms with Gasteiger partial charge in [-0.1, -0.05) is 13.0 Å². The highest BCUT2D eigenvalue weighted by Gasteiger charge is 2.30. The summed E-state index contributed by atoms with van der Waals surface area (Å²) in [5.74, 6) is 0.654. The van der Waals surface area contributed by atoms with E-state index in [1.54, 1.807) is 17.9 Å². The van der Waals surface area contributed by atoms with Crippen LogP contribution >= 0.6 is 0 Å². The Morgan fingerprint density at radius 3 is 2.66 bits per heavy atom. The Hall–Kier alpha value is -2.87. The smallest absolute Gasteiger partial charge is 0.232 e. The SMILES string of the molecule is CCc1cc(NS(=O)(=O)CC)ccc1-c1cc(N(C=O)C2CC2)nc2[nH]ccc12. The molecule has 0 atom stereocenters. The van der Waals surface area contributed by atoms with E-state index in [-0.39, 0.29) is 11.8 Å². The van der Waals surface area contributed by atoms with Crippen molar-refractivity contribution < 1.29 is 13.2 Å². The van der Waals surface area contributed by atoms with E-state index >= 15 is 0 Å². The number of hydrogen-bond acceptors (Lipinski definition) is 4. The van der Waals surface area contributed by atoms with E-state index in [4.69, 9.17) is 0 Å². The maximum absolute atomic E-state index is 11.9. The molecule has 1 aliphatic rings. The number of fused-ring (bicyclic) bond motifs is 1. The van der Waals surface area contributed by atoms with E-state index in [0.29, 0.717) is 11.5 Å². The number of nitrogens with zero attached hydrogens (tertiary/aromatic N) is 2. The summed E-state index contributed by atoms with van der Waals surface area (Å²) in [5.41, 5.74) is 4.27. The van der Waals surface area contributed by atoms with Crippen LogP contribution in [0.4, 0.5) is 11.5 Å². The molecule has 0 saturated heterocycles. The van der Waals surface area contributed by atoms with Gasteiger partial charge in [0, 0.05) is 23.3 Å². The third-order valence-corrected chi connectivity index (χ3v) is 6.57. The van der Waals surface area contributed by atoms with Crippen LogP contribution in [0.3, 0.4) is 0 Å². The van der Waals surface area contributed by atoms with Gasteiger partial charge >= 0.3 is 0 Å². The third kappa shape index (κ3) is 3.85. The first kappa shape index (κ1) is 19.4. The van der Waals surface area contributed by atoms with Gasteiger partial charge in [-0.15, -0.1) is 0 Å². The Balaban J connectivity index is 1.83. The highest BCUT2D eigenvalue weighted by atomic mass is 32.2. The Morgan fingerprint density at radius 1 is 1.21 bits per heavy atom. The number of aromatic amines is 1. The van der Waals surface area contributed by atoms with E-state index < -0.39 is 10.0 Å². The summed E-state index contributed by atoms with van der Waals surface area (Å²) in [6.45, 7) is 3.65. The van der Waals surface area contributed by atoms with Crippen LogP contribution in [0.5, 0.6) is 0 Å². The fourth-order valence-electron chi connectivity index (χ4n) is 3.52. The second-order valence-electron chi connectivity index (χ2n) is 7.24. The lowest BCUT2D eigenvalue weighted by atomic mass is 9.96. The maximum atomic E-state index is 11.9. The molecule has 1 saturated carbocycles. The molecule has 4 rings (SSSR count). The number of sulfonamides is 1. The summed E-state index contributed by atoms with van der Waals surface area (Å²) in [5, 5.41) is 0.965. The van der Waals surface area contributed by atoms with Crippen LogP contribution in [-0.4, -0.2) is 36.6 Å². The molecule has 8 heteroatoms. The molecule has 0 unspecified atom stereocenters. The van der Waals surface area contributed by atoms with Crippen molar-refractivity contribution in [3.63, 3.8) is 0 Å². The number of hydrogen-bond donors (Lipinski definition) is 2. The number of amides is 1. The van der Waals surface area contributed by atoms with Gasteiger partial charge in [-0.25, -0.2) is 13.4 Å². The zero-order valence-corrected chi connectivity index (χ0v) is 17.3. The molecule has 1 amide bonds. The Bertz CT molecular complexity index is 1170. The largest absolute Gasteiger partial charge is 0.346 e. The summed E-state index contributed by atoms with van der Waals surface area (Å²) in [6.07, 6.45) is 5.40. The van der Waals surface area contributed by atoms with E-state index in [2.05, 4.69) is 14.7 Å². The summed E-state index contributed by atoms with van der Waals surface area (Å²) in [7, 11) is -3.34. The first-order valence-electron chi connectivity index (χ1n) is 9.81. The van der Waals surface area contributed by atoms with Crippen LogP contribution in [0.15, 0.2) is 36.5 Å². The van der Waals surface area contributed by atoms with Crippen LogP contribution in [-0.2, 0) is 21.2 Å². The van der Waals surface area contributed by atoms with E-state index in [0.717, 1.165) is 53.4 Å². The van der Waals surface area contributed by atoms with Gasteiger partial charge in [-0.2, -0.15) is 0 Å². The summed E-state index contributed by atoms with van der Waals surface area (Å²) in [4.78, 5) is 21.1. The monoisotopic (exact) mass is 412 g/mol. The van der Waals surface area contributed by atoms with Gasteiger partial charge in [0.15, 0.2) is 0 Å². The normalized spacial score (nSPS) is 14.1. The molecular weight excluding hydrogens is 388 g/mol. The fourth-order valence-corrected chi connectivity index (χ4v) is 4.15. The number of nitrogens with one attached hydrogen (secondary N) is 2. The zero-order chi connectivity index (χ0) is 20.6. The zero-order valence-electron chi connectivity index (χ0n) is 16.5. The van der Waals surface area contributed by atoms with Gasteiger partial charge in [0.1, 0.15) is 11.5 Å². The molecule has 1 aromatic carbocycles. The molecule has 7 nitrogen and oxygen atoms in total. The number of pyridine rings is 1. The minimum Gasteiger partial charge on any atom is -0.346 e. The third-order valence-electron chi connectivity index (χ3n) is 5.26. The molecule has 1 aliphatic carbocycles. The average molecular weight is 413 g/mol. The average Bonchev–Trinajstić information content (AvgIpc) is 3.43. The number of carbonyl (C=O) groups is 1. The molecule has 2 N–H and O–H groups in total. The van der Waals surface area contributed by atoms with Crippen molar-refractivity contribution in [3.8, 4) is 11.1 Å². The van der Waals surface area contributed by atoms with Gasteiger partial charge in [0.05, 0.1) is 5.75 Å². The second kappa shape index (κ2) is 7.51. The topological polar surface area (TPSA) is 95.2 Å². The fraction of sp³-hybridized carbons (Fsp3) is 0.333. The van der Waals surface area contributed by atoms with Crippen LogP contribution < -0.4 is 9.62 Å². The van der Waals surface area contributed by atoms with Gasteiger partial charge in [0.2, 0.25) is 16.4 Å². The van der Waals surface area contributed by atoms with Gasteiger partial charge in [0.25, 0.3) is 0 Å². The van der Waals surface area contributed by atoms with E-state index in [1.165, 1.54) is 0 Å². The van der Waals surface area contributed by atoms with Crippen LogP contribution in [0, 0.1) is 0 Å². The van der Waals surface area contributed by atoms with Crippen molar-refractivity contribution in [1.82, 2.24) is 9.97 Å². The lowest BCUT2D eigenvalue weighted by molar-refractivity contribution is -0.107. The van der Waals surface area contributed by atoms with Gasteiger partial charge in [-0.05, 0) is 67.1 Å². The summed E-state index contributed by atoms with van der Waals surface area (Å²) >= 11 is 0. The predicted molar refractivity (Wildman–Crippen MR) is 116 cm³/mol. The Morgan fingerprint density at radius 2 is 2.00 bits per heavy atom. The predicted octanol–water partition coefficient (Wildman–Crippen LogP) is 3.68. The van der Waals surface area contributed by atoms with Crippen molar-refractivity contribution in [2.75, 3.05) is 15.4 Å². The molecule has 2 heterocycles. The number of carbonyl (C=O) groups excluding carboxylic acids is 1. The summed E-state index contributed by atoms with van der Waals surface area (Å²) < 4.78 is 26.5. The molecule has 0 bridgehead atoms. The molecule has 29 heavy (non-hydrogen) atoms. The van der Waals surface area contributed by atoms with Gasteiger partial charge in [-0.3, -0.25) is 14.4 Å². The molecule has 0 radical (unpaired) electrons. The molecule has 3 aromatic rings. The number of rotatable bonds is 8. The quantitative estimate of drug-likeness (QED) is 0.552. The van der Waals surface area contributed by atoms with E-state index in [9.17, 15) is 13.2 Å².